The first-order chi connectivity index (χ1) is 5.97. The van der Waals surface area contributed by atoms with Gasteiger partial charge in [0.1, 0.15) is 0 Å². The molecule has 0 saturated heterocycles. The standard InChI is InChI=1S/C12H27N/c1-6-10(4)12(5,13)9-11(7-2)8-3/h10-11H,6-9,13H2,1-5H3. The van der Waals surface area contributed by atoms with Crippen molar-refractivity contribution >= 4 is 0 Å². The SMILES string of the molecule is CCC(CC)CC(C)(N)C(C)CC. The first-order valence-electron chi connectivity index (χ1n) is 5.76. The maximum absolute atomic E-state index is 6.32. The van der Waals surface area contributed by atoms with Crippen LogP contribution in [0.15, 0.2) is 0 Å². The van der Waals surface area contributed by atoms with Crippen LogP contribution < -0.4 is 5.73 Å². The molecule has 0 aromatic rings. The van der Waals surface area contributed by atoms with Crippen molar-refractivity contribution in [3.05, 3.63) is 0 Å². The maximum Gasteiger partial charge on any atom is 0.0154 e. The highest BCUT2D eigenvalue weighted by molar-refractivity contribution is 4.85. The highest BCUT2D eigenvalue weighted by Crippen LogP contribution is 2.27. The number of rotatable bonds is 6. The predicted molar refractivity (Wildman–Crippen MR) is 60.7 cm³/mol. The summed E-state index contributed by atoms with van der Waals surface area (Å²) in [7, 11) is 0. The highest BCUT2D eigenvalue weighted by Gasteiger charge is 2.27. The van der Waals surface area contributed by atoms with Crippen molar-refractivity contribution in [1.82, 2.24) is 0 Å². The van der Waals surface area contributed by atoms with Crippen molar-refractivity contribution in [2.75, 3.05) is 0 Å². The van der Waals surface area contributed by atoms with Crippen molar-refractivity contribution < 1.29 is 0 Å². The molecule has 0 aliphatic carbocycles. The van der Waals surface area contributed by atoms with E-state index < -0.39 is 0 Å². The molecule has 0 aliphatic heterocycles. The van der Waals surface area contributed by atoms with Crippen molar-refractivity contribution in [2.24, 2.45) is 17.6 Å². The Morgan fingerprint density at radius 3 is 1.85 bits per heavy atom. The number of hydrogen-bond acceptors (Lipinski definition) is 1. The zero-order valence-corrected chi connectivity index (χ0v) is 10.1. The molecule has 13 heavy (non-hydrogen) atoms. The second-order valence-corrected chi connectivity index (χ2v) is 4.70. The molecule has 0 aromatic heterocycles. The fourth-order valence-electron chi connectivity index (χ4n) is 1.87. The van der Waals surface area contributed by atoms with Gasteiger partial charge in [0.25, 0.3) is 0 Å². The molecule has 0 rings (SSSR count). The Kier molecular flexibility index (Phi) is 5.62. The topological polar surface area (TPSA) is 26.0 Å². The summed E-state index contributed by atoms with van der Waals surface area (Å²) < 4.78 is 0. The molecule has 2 atom stereocenters. The van der Waals surface area contributed by atoms with Gasteiger partial charge < -0.3 is 5.73 Å². The molecule has 0 fully saturated rings. The van der Waals surface area contributed by atoms with Gasteiger partial charge in [-0.2, -0.15) is 0 Å². The molecule has 0 aromatic carbocycles. The van der Waals surface area contributed by atoms with E-state index in [0.717, 1.165) is 5.92 Å². The minimum absolute atomic E-state index is 0.0332. The Balaban J connectivity index is 4.13. The summed E-state index contributed by atoms with van der Waals surface area (Å²) in [4.78, 5) is 0. The summed E-state index contributed by atoms with van der Waals surface area (Å²) in [5.74, 6) is 1.44. The Morgan fingerprint density at radius 2 is 1.54 bits per heavy atom. The monoisotopic (exact) mass is 185 g/mol. The fraction of sp³-hybridized carbons (Fsp3) is 1.00. The third-order valence-corrected chi connectivity index (χ3v) is 3.62. The lowest BCUT2D eigenvalue weighted by Crippen LogP contribution is -2.44. The average Bonchev–Trinajstić information content (AvgIpc) is 2.12. The van der Waals surface area contributed by atoms with Gasteiger partial charge >= 0.3 is 0 Å². The van der Waals surface area contributed by atoms with Crippen molar-refractivity contribution in [3.63, 3.8) is 0 Å². The van der Waals surface area contributed by atoms with E-state index in [1.807, 2.05) is 0 Å². The van der Waals surface area contributed by atoms with Crippen LogP contribution >= 0.6 is 0 Å². The molecule has 80 valence electrons. The van der Waals surface area contributed by atoms with E-state index in [2.05, 4.69) is 34.6 Å². The Bertz CT molecular complexity index is 125. The van der Waals surface area contributed by atoms with Crippen molar-refractivity contribution in [3.8, 4) is 0 Å². The van der Waals surface area contributed by atoms with Gasteiger partial charge in [-0.3, -0.25) is 0 Å². The molecule has 0 heterocycles. The fourth-order valence-corrected chi connectivity index (χ4v) is 1.87. The van der Waals surface area contributed by atoms with Gasteiger partial charge in [0.2, 0.25) is 0 Å². The van der Waals surface area contributed by atoms with Crippen molar-refractivity contribution in [2.45, 2.75) is 65.8 Å². The van der Waals surface area contributed by atoms with E-state index >= 15 is 0 Å². The second kappa shape index (κ2) is 5.64. The summed E-state index contributed by atoms with van der Waals surface area (Å²) in [6.45, 7) is 11.2. The average molecular weight is 185 g/mol. The molecule has 2 N–H and O–H groups in total. The zero-order valence-electron chi connectivity index (χ0n) is 10.1. The highest BCUT2D eigenvalue weighted by atomic mass is 14.7. The van der Waals surface area contributed by atoms with Crippen LogP contribution in [-0.4, -0.2) is 5.54 Å². The summed E-state index contributed by atoms with van der Waals surface area (Å²) in [6, 6.07) is 0. The lowest BCUT2D eigenvalue weighted by molar-refractivity contribution is 0.237. The van der Waals surface area contributed by atoms with E-state index in [0.29, 0.717) is 5.92 Å². The minimum Gasteiger partial charge on any atom is -0.325 e. The van der Waals surface area contributed by atoms with Gasteiger partial charge in [0.15, 0.2) is 0 Å². The molecule has 0 radical (unpaired) electrons. The summed E-state index contributed by atoms with van der Waals surface area (Å²) in [5, 5.41) is 0. The Labute approximate surface area is 84.1 Å². The maximum atomic E-state index is 6.32. The van der Waals surface area contributed by atoms with E-state index in [9.17, 15) is 0 Å². The minimum atomic E-state index is 0.0332. The van der Waals surface area contributed by atoms with Gasteiger partial charge in [0, 0.05) is 5.54 Å². The second-order valence-electron chi connectivity index (χ2n) is 4.70. The van der Waals surface area contributed by atoms with Gasteiger partial charge in [-0.15, -0.1) is 0 Å². The smallest absolute Gasteiger partial charge is 0.0154 e. The molecular weight excluding hydrogens is 158 g/mol. The first kappa shape index (κ1) is 13.0. The molecular formula is C12H27N. The molecule has 2 unspecified atom stereocenters. The van der Waals surface area contributed by atoms with Crippen LogP contribution in [0.25, 0.3) is 0 Å². The molecule has 0 saturated carbocycles. The quantitative estimate of drug-likeness (QED) is 0.672. The third kappa shape index (κ3) is 4.12. The van der Waals surface area contributed by atoms with Crippen LogP contribution in [-0.2, 0) is 0 Å². The predicted octanol–water partition coefficient (Wildman–Crippen LogP) is 3.58. The molecule has 0 spiro atoms. The van der Waals surface area contributed by atoms with Gasteiger partial charge in [-0.25, -0.2) is 0 Å². The molecule has 1 heteroatoms. The molecule has 1 nitrogen and oxygen atoms in total. The first-order valence-corrected chi connectivity index (χ1v) is 5.76. The summed E-state index contributed by atoms with van der Waals surface area (Å²) >= 11 is 0. The zero-order chi connectivity index (χ0) is 10.5. The summed E-state index contributed by atoms with van der Waals surface area (Å²) in [5.41, 5.74) is 6.36. The molecule has 0 aliphatic rings. The lowest BCUT2D eigenvalue weighted by atomic mass is 9.77. The van der Waals surface area contributed by atoms with E-state index in [1.165, 1.54) is 25.7 Å². The number of nitrogens with two attached hydrogens (primary N) is 1. The van der Waals surface area contributed by atoms with Gasteiger partial charge in [-0.1, -0.05) is 47.0 Å². The van der Waals surface area contributed by atoms with E-state index in [1.54, 1.807) is 0 Å². The largest absolute Gasteiger partial charge is 0.325 e. The summed E-state index contributed by atoms with van der Waals surface area (Å²) in [6.07, 6.45) is 4.89. The van der Waals surface area contributed by atoms with Crippen LogP contribution in [0.2, 0.25) is 0 Å². The van der Waals surface area contributed by atoms with Gasteiger partial charge in [-0.05, 0) is 25.2 Å². The van der Waals surface area contributed by atoms with E-state index in [-0.39, 0.29) is 5.54 Å². The third-order valence-electron chi connectivity index (χ3n) is 3.62. The van der Waals surface area contributed by atoms with Crippen molar-refractivity contribution in [1.29, 1.82) is 0 Å². The molecule has 0 amide bonds. The van der Waals surface area contributed by atoms with Crippen LogP contribution in [0, 0.1) is 11.8 Å². The molecule has 0 bridgehead atoms. The Hall–Kier alpha value is -0.0400. The van der Waals surface area contributed by atoms with Crippen LogP contribution in [0.1, 0.15) is 60.3 Å². The van der Waals surface area contributed by atoms with Crippen LogP contribution in [0.5, 0.6) is 0 Å². The van der Waals surface area contributed by atoms with E-state index in [4.69, 9.17) is 5.73 Å². The number of hydrogen-bond donors (Lipinski definition) is 1. The van der Waals surface area contributed by atoms with Gasteiger partial charge in [0.05, 0.1) is 0 Å². The van der Waals surface area contributed by atoms with Crippen LogP contribution in [0.3, 0.4) is 0 Å². The Morgan fingerprint density at radius 1 is 1.08 bits per heavy atom. The lowest BCUT2D eigenvalue weighted by Gasteiger charge is -2.34. The normalized spacial score (nSPS) is 18.7. The van der Waals surface area contributed by atoms with Crippen LogP contribution in [0.4, 0.5) is 0 Å².